The third kappa shape index (κ3) is 3.76. The highest BCUT2D eigenvalue weighted by atomic mass is 35.5. The van der Waals surface area contributed by atoms with Crippen LogP contribution in [0.4, 0.5) is 5.69 Å². The lowest BCUT2D eigenvalue weighted by atomic mass is 10.1. The Kier molecular flexibility index (Phi) is 5.34. The molecule has 0 aliphatic rings. The lowest BCUT2D eigenvalue weighted by Crippen LogP contribution is -2.04. The van der Waals surface area contributed by atoms with Gasteiger partial charge >= 0.3 is 0 Å². The van der Waals surface area contributed by atoms with Crippen molar-refractivity contribution in [2.75, 3.05) is 5.75 Å². The quantitative estimate of drug-likeness (QED) is 0.274. The van der Waals surface area contributed by atoms with Crippen LogP contribution < -0.4 is 0 Å². The van der Waals surface area contributed by atoms with Crippen LogP contribution in [0.5, 0.6) is 0 Å². The van der Waals surface area contributed by atoms with Crippen LogP contribution >= 0.6 is 23.4 Å². The average molecular weight is 389 g/mol. The molecule has 9 heteroatoms. The number of nitro groups is 1. The zero-order valence-electron chi connectivity index (χ0n) is 13.6. The summed E-state index contributed by atoms with van der Waals surface area (Å²) in [6, 6.07) is 13.0. The molecular formula is C17H13ClN4O3S. The normalized spacial score (nSPS) is 10.7. The fourth-order valence-electron chi connectivity index (χ4n) is 2.32. The molecule has 132 valence electrons. The van der Waals surface area contributed by atoms with Crippen LogP contribution in [0.25, 0.3) is 11.4 Å². The third-order valence-corrected chi connectivity index (χ3v) is 5.01. The summed E-state index contributed by atoms with van der Waals surface area (Å²) in [7, 11) is 1.79. The van der Waals surface area contributed by atoms with E-state index in [0.717, 1.165) is 5.56 Å². The minimum atomic E-state index is -0.525. The van der Waals surface area contributed by atoms with E-state index in [9.17, 15) is 14.9 Å². The summed E-state index contributed by atoms with van der Waals surface area (Å²) in [5, 5.41) is 20.2. The smallest absolute Gasteiger partial charge is 0.270 e. The number of hydrogen-bond acceptors (Lipinski definition) is 6. The number of hydrogen-bond donors (Lipinski definition) is 0. The molecule has 3 aromatic rings. The van der Waals surface area contributed by atoms with Crippen LogP contribution in [0.2, 0.25) is 5.02 Å². The maximum absolute atomic E-state index is 12.3. The molecule has 0 saturated heterocycles. The average Bonchev–Trinajstić information content (AvgIpc) is 3.00. The third-order valence-electron chi connectivity index (χ3n) is 3.66. The maximum Gasteiger partial charge on any atom is 0.270 e. The molecule has 3 rings (SSSR count). The molecule has 7 nitrogen and oxygen atoms in total. The summed E-state index contributed by atoms with van der Waals surface area (Å²) in [6.45, 7) is 0. The Morgan fingerprint density at radius 3 is 2.73 bits per heavy atom. The summed E-state index contributed by atoms with van der Waals surface area (Å²) in [5.41, 5.74) is 0.932. The number of ketones is 1. The van der Waals surface area contributed by atoms with Gasteiger partial charge in [-0.3, -0.25) is 14.9 Å². The molecular weight excluding hydrogens is 376 g/mol. The zero-order valence-corrected chi connectivity index (χ0v) is 15.2. The van der Waals surface area contributed by atoms with E-state index in [4.69, 9.17) is 11.6 Å². The minimum absolute atomic E-state index is 0.0929. The van der Waals surface area contributed by atoms with Crippen molar-refractivity contribution in [2.45, 2.75) is 5.16 Å². The highest BCUT2D eigenvalue weighted by molar-refractivity contribution is 7.99. The molecule has 0 amide bonds. The van der Waals surface area contributed by atoms with Crippen molar-refractivity contribution in [3.8, 4) is 11.4 Å². The number of rotatable bonds is 6. The van der Waals surface area contributed by atoms with Crippen LogP contribution in [-0.4, -0.2) is 31.2 Å². The summed E-state index contributed by atoms with van der Waals surface area (Å²) < 4.78 is 1.76. The molecule has 0 atom stereocenters. The largest absolute Gasteiger partial charge is 0.305 e. The number of thioether (sulfide) groups is 1. The van der Waals surface area contributed by atoms with Crippen molar-refractivity contribution in [2.24, 2.45) is 7.05 Å². The molecule has 26 heavy (non-hydrogen) atoms. The number of nitrogens with zero attached hydrogens (tertiary/aromatic N) is 4. The summed E-state index contributed by atoms with van der Waals surface area (Å²) in [4.78, 5) is 22.6. The van der Waals surface area contributed by atoms with Gasteiger partial charge in [0.2, 0.25) is 0 Å². The molecule has 2 aromatic carbocycles. The van der Waals surface area contributed by atoms with Gasteiger partial charge in [0.1, 0.15) is 0 Å². The monoisotopic (exact) mass is 388 g/mol. The lowest BCUT2D eigenvalue weighted by Gasteiger charge is -2.05. The Morgan fingerprint density at radius 1 is 1.23 bits per heavy atom. The molecule has 0 aliphatic heterocycles. The van der Waals surface area contributed by atoms with Crippen LogP contribution in [0.15, 0.2) is 53.7 Å². The number of Topliss-reactive ketones (excluding diaryl/α,β-unsaturated/α-hetero) is 1. The molecule has 0 N–H and O–H groups in total. The Balaban J connectivity index is 1.75. The number of carbonyl (C=O) groups is 1. The van der Waals surface area contributed by atoms with E-state index in [-0.39, 0.29) is 17.2 Å². The van der Waals surface area contributed by atoms with Gasteiger partial charge in [0.15, 0.2) is 16.8 Å². The highest BCUT2D eigenvalue weighted by Gasteiger charge is 2.16. The van der Waals surface area contributed by atoms with Gasteiger partial charge in [-0.05, 0) is 12.1 Å². The second-order valence-electron chi connectivity index (χ2n) is 5.36. The second kappa shape index (κ2) is 7.67. The molecule has 0 aliphatic carbocycles. The number of halogens is 1. The topological polar surface area (TPSA) is 90.9 Å². The van der Waals surface area contributed by atoms with E-state index < -0.39 is 4.92 Å². The Labute approximate surface area is 158 Å². The van der Waals surface area contributed by atoms with Crippen molar-refractivity contribution >= 4 is 34.8 Å². The molecule has 0 saturated carbocycles. The highest BCUT2D eigenvalue weighted by Crippen LogP contribution is 2.28. The maximum atomic E-state index is 12.3. The molecule has 0 fully saturated rings. The van der Waals surface area contributed by atoms with Gasteiger partial charge in [0.25, 0.3) is 5.69 Å². The van der Waals surface area contributed by atoms with E-state index in [1.165, 1.54) is 30.0 Å². The number of carbonyl (C=O) groups excluding carboxylic acids is 1. The molecule has 1 aromatic heterocycles. The van der Waals surface area contributed by atoms with E-state index in [1.54, 1.807) is 23.7 Å². The summed E-state index contributed by atoms with van der Waals surface area (Å²) >= 11 is 7.40. The van der Waals surface area contributed by atoms with Gasteiger partial charge in [-0.1, -0.05) is 47.6 Å². The standard InChI is InChI=1S/C17H13ClN4O3S/c1-21-16(13-7-2-3-8-14(13)18)19-20-17(21)26-10-15(23)11-5-4-6-12(9-11)22(24)25/h2-9H,10H2,1H3. The van der Waals surface area contributed by atoms with Crippen LogP contribution in [-0.2, 0) is 7.05 Å². The van der Waals surface area contributed by atoms with Crippen molar-refractivity contribution in [3.05, 3.63) is 69.2 Å². The minimum Gasteiger partial charge on any atom is -0.305 e. The fraction of sp³-hybridized carbons (Fsp3) is 0.118. The van der Waals surface area contributed by atoms with Crippen LogP contribution in [0.1, 0.15) is 10.4 Å². The van der Waals surface area contributed by atoms with Crippen LogP contribution in [0.3, 0.4) is 0 Å². The van der Waals surface area contributed by atoms with E-state index >= 15 is 0 Å². The van der Waals surface area contributed by atoms with Crippen LogP contribution in [0, 0.1) is 10.1 Å². The second-order valence-corrected chi connectivity index (χ2v) is 6.71. The predicted octanol–water partition coefficient (Wildman–Crippen LogP) is 4.02. The van der Waals surface area contributed by atoms with Gasteiger partial charge in [-0.2, -0.15) is 0 Å². The molecule has 0 radical (unpaired) electrons. The number of benzene rings is 2. The van der Waals surface area contributed by atoms with Gasteiger partial charge in [0.05, 0.1) is 15.7 Å². The van der Waals surface area contributed by atoms with E-state index in [0.29, 0.717) is 21.6 Å². The first-order valence-electron chi connectivity index (χ1n) is 7.52. The fourth-order valence-corrected chi connectivity index (χ4v) is 3.35. The Bertz CT molecular complexity index is 990. The zero-order chi connectivity index (χ0) is 18.7. The Morgan fingerprint density at radius 2 is 2.00 bits per heavy atom. The first-order valence-corrected chi connectivity index (χ1v) is 8.88. The number of aromatic nitrogens is 3. The molecule has 0 spiro atoms. The number of non-ortho nitro benzene ring substituents is 1. The van der Waals surface area contributed by atoms with Gasteiger partial charge in [-0.15, -0.1) is 10.2 Å². The van der Waals surface area contributed by atoms with E-state index in [2.05, 4.69) is 10.2 Å². The molecule has 0 unspecified atom stereocenters. The van der Waals surface area contributed by atoms with Crippen molar-refractivity contribution in [3.63, 3.8) is 0 Å². The lowest BCUT2D eigenvalue weighted by molar-refractivity contribution is -0.384. The van der Waals surface area contributed by atoms with Gasteiger partial charge < -0.3 is 4.57 Å². The first kappa shape index (κ1) is 18.1. The first-order chi connectivity index (χ1) is 12.5. The van der Waals surface area contributed by atoms with E-state index in [1.807, 2.05) is 18.2 Å². The molecule has 1 heterocycles. The summed E-state index contributed by atoms with van der Waals surface area (Å²) in [6.07, 6.45) is 0. The SMILES string of the molecule is Cn1c(SCC(=O)c2cccc([N+](=O)[O-])c2)nnc1-c1ccccc1Cl. The van der Waals surface area contributed by atoms with Crippen molar-refractivity contribution < 1.29 is 9.72 Å². The van der Waals surface area contributed by atoms with Gasteiger partial charge in [-0.25, -0.2) is 0 Å². The Hall–Kier alpha value is -2.71. The van der Waals surface area contributed by atoms with Crippen molar-refractivity contribution in [1.82, 2.24) is 14.8 Å². The number of nitro benzene ring substituents is 1. The predicted molar refractivity (Wildman–Crippen MR) is 99.6 cm³/mol. The van der Waals surface area contributed by atoms with Crippen molar-refractivity contribution in [1.29, 1.82) is 0 Å². The summed E-state index contributed by atoms with van der Waals surface area (Å²) in [5.74, 6) is 0.470. The van der Waals surface area contributed by atoms with Gasteiger partial charge in [0, 0.05) is 30.3 Å². The molecule has 0 bridgehead atoms.